The Kier molecular flexibility index (Phi) is 12.6. The maximum atomic E-state index is 14.3. The standard InChI is InChI=1S/C44H60N10O4/c1-43(2,3)36(41(57)45-6)49-39(55)34-31-26-51(8)22-24-53(31)33(47-34)16-13-21-44(4,5)37(42(58)46-7)50-40(56)35-32-27-52(9)23-25-54(32)38(48-35)30-19-17-29(18-20-30)28-14-11-10-12-15-28/h10-20,31,34,36-37H,21-27H2,1-9H3,(H,45,57)(H,46,58)(H,49,55)(H,50,56)/b16-13+/t31?,34?,36-,37?/m1/s1. The Morgan fingerprint density at radius 3 is 2.07 bits per heavy atom. The van der Waals surface area contributed by atoms with Crippen molar-refractivity contribution in [3.05, 3.63) is 78.1 Å². The SMILES string of the molecule is CNC(=O)C(NC(=O)c1nc(-c2ccc(-c3ccccc3)cc2)n2c1CN(C)CC2)C(C)(C)C/C=C/C1=NC(C(=O)N[C@H](C(=O)NC)C(C)(C)C)C2CN(C)CCN12. The number of piperazine rings is 1. The molecule has 0 aliphatic carbocycles. The number of benzene rings is 2. The third-order valence-corrected chi connectivity index (χ3v) is 11.6. The molecular weight excluding hydrogens is 733 g/mol. The van der Waals surface area contributed by atoms with E-state index in [9.17, 15) is 19.2 Å². The van der Waals surface area contributed by atoms with Crippen LogP contribution in [-0.4, -0.2) is 132 Å². The fourth-order valence-corrected chi connectivity index (χ4v) is 8.11. The molecule has 3 aliphatic rings. The molecule has 0 bridgehead atoms. The van der Waals surface area contributed by atoms with Gasteiger partial charge in [0.15, 0.2) is 11.7 Å². The predicted octanol–water partition coefficient (Wildman–Crippen LogP) is 3.15. The number of nitrogens with zero attached hydrogens (tertiary/aromatic N) is 6. The number of hydrogen-bond donors (Lipinski definition) is 4. The first-order valence-corrected chi connectivity index (χ1v) is 20.2. The van der Waals surface area contributed by atoms with Crippen molar-refractivity contribution in [2.24, 2.45) is 15.8 Å². The van der Waals surface area contributed by atoms with E-state index in [0.29, 0.717) is 44.1 Å². The summed E-state index contributed by atoms with van der Waals surface area (Å²) in [6, 6.07) is 15.9. The van der Waals surface area contributed by atoms with E-state index in [-0.39, 0.29) is 23.8 Å². The predicted molar refractivity (Wildman–Crippen MR) is 227 cm³/mol. The maximum Gasteiger partial charge on any atom is 0.272 e. The molecule has 14 nitrogen and oxygen atoms in total. The molecular formula is C44H60N10O4. The van der Waals surface area contributed by atoms with Crippen LogP contribution < -0.4 is 21.3 Å². The van der Waals surface area contributed by atoms with Crippen LogP contribution in [0.2, 0.25) is 0 Å². The van der Waals surface area contributed by atoms with E-state index in [2.05, 4.69) is 64.8 Å². The Morgan fingerprint density at radius 2 is 1.41 bits per heavy atom. The van der Waals surface area contributed by atoms with E-state index in [1.807, 2.05) is 91.2 Å². The lowest BCUT2D eigenvalue weighted by Crippen LogP contribution is -2.60. The highest BCUT2D eigenvalue weighted by atomic mass is 16.2. The van der Waals surface area contributed by atoms with Crippen molar-refractivity contribution in [2.45, 2.75) is 78.3 Å². The summed E-state index contributed by atoms with van der Waals surface area (Å²) >= 11 is 0. The summed E-state index contributed by atoms with van der Waals surface area (Å²) in [7, 11) is 7.19. The highest BCUT2D eigenvalue weighted by Gasteiger charge is 2.44. The molecule has 0 spiro atoms. The lowest BCUT2D eigenvalue weighted by Gasteiger charge is -2.39. The monoisotopic (exact) mass is 792 g/mol. The van der Waals surface area contributed by atoms with E-state index in [1.54, 1.807) is 14.1 Å². The first-order chi connectivity index (χ1) is 27.5. The molecule has 0 radical (unpaired) electrons. The molecule has 3 aromatic rings. The number of aromatic nitrogens is 2. The number of rotatable bonds is 12. The largest absolute Gasteiger partial charge is 0.357 e. The molecule has 2 aromatic carbocycles. The molecule has 4 amide bonds. The first-order valence-electron chi connectivity index (χ1n) is 20.2. The summed E-state index contributed by atoms with van der Waals surface area (Å²) in [6.45, 7) is 13.8. The van der Waals surface area contributed by atoms with E-state index < -0.39 is 34.9 Å². The van der Waals surface area contributed by atoms with E-state index in [4.69, 9.17) is 9.98 Å². The Bertz CT molecular complexity index is 2050. The zero-order chi connectivity index (χ0) is 41.9. The number of amides is 4. The molecule has 4 atom stereocenters. The van der Waals surface area contributed by atoms with Crippen LogP contribution in [0.3, 0.4) is 0 Å². The topological polar surface area (TPSA) is 156 Å². The fraction of sp³-hybridized carbons (Fsp3) is 0.500. The lowest BCUT2D eigenvalue weighted by atomic mass is 9.80. The van der Waals surface area contributed by atoms with Crippen LogP contribution in [0.15, 0.2) is 71.7 Å². The van der Waals surface area contributed by atoms with Crippen LogP contribution >= 0.6 is 0 Å². The molecule has 4 heterocycles. The Hall–Kier alpha value is -5.34. The summed E-state index contributed by atoms with van der Waals surface area (Å²) in [5.74, 6) is 0.138. The Labute approximate surface area is 342 Å². The van der Waals surface area contributed by atoms with Gasteiger partial charge < -0.3 is 35.6 Å². The maximum absolute atomic E-state index is 14.3. The van der Waals surface area contributed by atoms with Gasteiger partial charge in [-0.25, -0.2) is 4.98 Å². The number of likely N-dealkylation sites (N-methyl/N-ethyl adjacent to an activating group) is 4. The second kappa shape index (κ2) is 17.3. The van der Waals surface area contributed by atoms with E-state index in [1.165, 1.54) is 0 Å². The van der Waals surface area contributed by atoms with Crippen molar-refractivity contribution in [1.29, 1.82) is 0 Å². The smallest absolute Gasteiger partial charge is 0.272 e. The third-order valence-electron chi connectivity index (χ3n) is 11.6. The molecule has 14 heteroatoms. The fourth-order valence-electron chi connectivity index (χ4n) is 8.11. The van der Waals surface area contributed by atoms with Gasteiger partial charge in [0, 0.05) is 58.9 Å². The number of fused-ring (bicyclic) bond motifs is 2. The van der Waals surface area contributed by atoms with Gasteiger partial charge in [-0.3, -0.25) is 29.1 Å². The summed E-state index contributed by atoms with van der Waals surface area (Å²) in [4.78, 5) is 70.7. The van der Waals surface area contributed by atoms with Crippen molar-refractivity contribution in [2.75, 3.05) is 54.4 Å². The average Bonchev–Trinajstić information content (AvgIpc) is 3.76. The molecule has 3 unspecified atom stereocenters. The van der Waals surface area contributed by atoms with Crippen LogP contribution in [0.4, 0.5) is 0 Å². The number of nitrogens with one attached hydrogen (secondary N) is 4. The van der Waals surface area contributed by atoms with Crippen molar-refractivity contribution < 1.29 is 19.2 Å². The molecule has 1 saturated heterocycles. The van der Waals surface area contributed by atoms with Crippen LogP contribution in [0.1, 0.15) is 57.2 Å². The number of carbonyl (C=O) groups excluding carboxylic acids is 4. The Balaban J connectivity index is 1.21. The molecule has 1 aromatic heterocycles. The molecule has 4 N–H and O–H groups in total. The summed E-state index contributed by atoms with van der Waals surface area (Å²) < 4.78 is 2.12. The summed E-state index contributed by atoms with van der Waals surface area (Å²) in [5.41, 5.74) is 3.02. The average molecular weight is 793 g/mol. The van der Waals surface area contributed by atoms with Gasteiger partial charge in [-0.2, -0.15) is 0 Å². The van der Waals surface area contributed by atoms with Gasteiger partial charge in [0.05, 0.1) is 11.7 Å². The summed E-state index contributed by atoms with van der Waals surface area (Å²) in [6.07, 6.45) is 4.29. The van der Waals surface area contributed by atoms with Gasteiger partial charge in [0.2, 0.25) is 17.7 Å². The second-order valence-corrected chi connectivity index (χ2v) is 17.6. The van der Waals surface area contributed by atoms with Gasteiger partial charge in [0.1, 0.15) is 23.7 Å². The minimum atomic E-state index is -0.888. The van der Waals surface area contributed by atoms with E-state index >= 15 is 0 Å². The van der Waals surface area contributed by atoms with Gasteiger partial charge in [-0.15, -0.1) is 0 Å². The van der Waals surface area contributed by atoms with Crippen molar-refractivity contribution in [3.63, 3.8) is 0 Å². The first kappa shape index (κ1) is 42.3. The number of hydrogen-bond acceptors (Lipinski definition) is 9. The molecule has 6 rings (SSSR count). The van der Waals surface area contributed by atoms with Crippen LogP contribution in [0.5, 0.6) is 0 Å². The molecule has 58 heavy (non-hydrogen) atoms. The van der Waals surface area contributed by atoms with Gasteiger partial charge in [-0.05, 0) is 48.5 Å². The minimum absolute atomic E-state index is 0.193. The highest BCUT2D eigenvalue weighted by molar-refractivity contribution is 6.00. The third kappa shape index (κ3) is 9.02. The molecule has 3 aliphatic heterocycles. The van der Waals surface area contributed by atoms with E-state index in [0.717, 1.165) is 41.3 Å². The van der Waals surface area contributed by atoms with Gasteiger partial charge >= 0.3 is 0 Å². The second-order valence-electron chi connectivity index (χ2n) is 17.6. The van der Waals surface area contributed by atoms with Gasteiger partial charge in [-0.1, -0.05) is 95.3 Å². The van der Waals surface area contributed by atoms with Gasteiger partial charge in [0.25, 0.3) is 5.91 Å². The number of allylic oxidation sites excluding steroid dienone is 1. The van der Waals surface area contributed by atoms with Crippen molar-refractivity contribution >= 4 is 29.5 Å². The molecule has 1 fully saturated rings. The van der Waals surface area contributed by atoms with Crippen molar-refractivity contribution in [1.82, 2.24) is 45.5 Å². The molecule has 310 valence electrons. The lowest BCUT2D eigenvalue weighted by molar-refractivity contribution is -0.132. The zero-order valence-corrected chi connectivity index (χ0v) is 35.4. The quantitative estimate of drug-likeness (QED) is 0.218. The summed E-state index contributed by atoms with van der Waals surface area (Å²) in [5, 5.41) is 11.5. The number of aliphatic imine (C=N–C) groups is 1. The normalized spacial score (nSPS) is 19.8. The Morgan fingerprint density at radius 1 is 0.793 bits per heavy atom. The highest BCUT2D eigenvalue weighted by Crippen LogP contribution is 2.31. The number of amidine groups is 1. The molecule has 0 saturated carbocycles. The van der Waals surface area contributed by atoms with Crippen molar-refractivity contribution in [3.8, 4) is 22.5 Å². The minimum Gasteiger partial charge on any atom is -0.357 e. The van der Waals surface area contributed by atoms with Crippen LogP contribution in [0, 0.1) is 10.8 Å². The van der Waals surface area contributed by atoms with Crippen LogP contribution in [0.25, 0.3) is 22.5 Å². The van der Waals surface area contributed by atoms with Crippen LogP contribution in [-0.2, 0) is 27.5 Å². The zero-order valence-electron chi connectivity index (χ0n) is 35.4. The number of carbonyl (C=O) groups is 4. The number of imidazole rings is 1.